The van der Waals surface area contributed by atoms with Crippen molar-refractivity contribution in [3.8, 4) is 0 Å². The first-order chi connectivity index (χ1) is 7.78. The standard InChI is InChI=1S/C13H18O4/c1-12(2)6-4-7-9(10(14)15)11(16)17-13(7,3)8(12)5-6/h6-9H,4-5H2,1-3H3,(H,14,15)/t6-,7+,8-,9?,13?/m0/s1. The van der Waals surface area contributed by atoms with Crippen LogP contribution in [0.25, 0.3) is 0 Å². The third-order valence-electron chi connectivity index (χ3n) is 5.68. The number of aliphatic carboxylic acids is 1. The molecule has 2 bridgehead atoms. The van der Waals surface area contributed by atoms with Gasteiger partial charge in [0.15, 0.2) is 5.92 Å². The number of esters is 1. The fourth-order valence-corrected chi connectivity index (χ4v) is 4.52. The van der Waals surface area contributed by atoms with Crippen LogP contribution in [-0.4, -0.2) is 22.6 Å². The molecule has 0 aromatic heterocycles. The highest BCUT2D eigenvalue weighted by atomic mass is 16.6. The van der Waals surface area contributed by atoms with E-state index in [0.717, 1.165) is 12.8 Å². The Labute approximate surface area is 100 Å². The summed E-state index contributed by atoms with van der Waals surface area (Å²) in [6.07, 6.45) is 1.88. The molecule has 1 saturated heterocycles. The zero-order valence-corrected chi connectivity index (χ0v) is 10.4. The summed E-state index contributed by atoms with van der Waals surface area (Å²) >= 11 is 0. The molecule has 1 N–H and O–H groups in total. The van der Waals surface area contributed by atoms with Crippen LogP contribution in [0.4, 0.5) is 0 Å². The van der Waals surface area contributed by atoms with Crippen molar-refractivity contribution in [1.29, 1.82) is 0 Å². The first-order valence-corrected chi connectivity index (χ1v) is 6.24. The first-order valence-electron chi connectivity index (χ1n) is 6.24. The van der Waals surface area contributed by atoms with Crippen LogP contribution in [0, 0.1) is 29.1 Å². The highest BCUT2D eigenvalue weighted by Gasteiger charge is 2.71. The summed E-state index contributed by atoms with van der Waals surface area (Å²) in [5, 5.41) is 9.17. The van der Waals surface area contributed by atoms with Crippen molar-refractivity contribution < 1.29 is 19.4 Å². The molecule has 0 aromatic carbocycles. The van der Waals surface area contributed by atoms with Crippen molar-refractivity contribution in [1.82, 2.24) is 0 Å². The lowest BCUT2D eigenvalue weighted by Gasteiger charge is -2.64. The lowest BCUT2D eigenvalue weighted by molar-refractivity contribution is -0.216. The van der Waals surface area contributed by atoms with Gasteiger partial charge in [-0.05, 0) is 31.1 Å². The Bertz CT molecular complexity index is 414. The van der Waals surface area contributed by atoms with Gasteiger partial charge in [0.25, 0.3) is 0 Å². The van der Waals surface area contributed by atoms with E-state index in [-0.39, 0.29) is 11.3 Å². The molecule has 4 rings (SSSR count). The van der Waals surface area contributed by atoms with Crippen LogP contribution in [0.15, 0.2) is 0 Å². The zero-order chi connectivity index (χ0) is 12.6. The molecule has 3 aliphatic carbocycles. The lowest BCUT2D eigenvalue weighted by atomic mass is 9.41. The molecule has 0 amide bonds. The summed E-state index contributed by atoms with van der Waals surface area (Å²) in [4.78, 5) is 23.0. The Kier molecular flexibility index (Phi) is 1.85. The number of carboxylic acids is 1. The molecular weight excluding hydrogens is 220 g/mol. The van der Waals surface area contributed by atoms with Gasteiger partial charge in [0, 0.05) is 11.8 Å². The van der Waals surface area contributed by atoms with Crippen LogP contribution in [-0.2, 0) is 14.3 Å². The number of carboxylic acid groups (broad SMARTS) is 1. The molecule has 0 aromatic rings. The predicted octanol–water partition coefficient (Wildman–Crippen LogP) is 1.68. The van der Waals surface area contributed by atoms with E-state index in [4.69, 9.17) is 9.84 Å². The molecule has 3 saturated carbocycles. The average molecular weight is 238 g/mol. The minimum absolute atomic E-state index is 0.135. The van der Waals surface area contributed by atoms with E-state index in [1.807, 2.05) is 6.92 Å². The van der Waals surface area contributed by atoms with Gasteiger partial charge in [0.05, 0.1) is 0 Å². The monoisotopic (exact) mass is 238 g/mol. The molecule has 4 aliphatic rings. The highest BCUT2D eigenvalue weighted by molar-refractivity contribution is 5.96. The van der Waals surface area contributed by atoms with Gasteiger partial charge in [0.1, 0.15) is 5.60 Å². The number of carbonyl (C=O) groups excluding carboxylic acids is 1. The molecule has 2 unspecified atom stereocenters. The Morgan fingerprint density at radius 2 is 2.00 bits per heavy atom. The van der Waals surface area contributed by atoms with Crippen LogP contribution in [0.5, 0.6) is 0 Å². The predicted molar refractivity (Wildman–Crippen MR) is 59.1 cm³/mol. The van der Waals surface area contributed by atoms with Crippen LogP contribution in [0.2, 0.25) is 0 Å². The van der Waals surface area contributed by atoms with Crippen molar-refractivity contribution in [3.05, 3.63) is 0 Å². The molecule has 1 aliphatic heterocycles. The van der Waals surface area contributed by atoms with Gasteiger partial charge in [-0.1, -0.05) is 13.8 Å². The van der Waals surface area contributed by atoms with Crippen molar-refractivity contribution in [2.45, 2.75) is 39.2 Å². The quantitative estimate of drug-likeness (QED) is 0.557. The van der Waals surface area contributed by atoms with E-state index in [2.05, 4.69) is 13.8 Å². The van der Waals surface area contributed by atoms with Crippen LogP contribution >= 0.6 is 0 Å². The average Bonchev–Trinajstić information content (AvgIpc) is 2.46. The summed E-state index contributed by atoms with van der Waals surface area (Å²) in [7, 11) is 0. The summed E-state index contributed by atoms with van der Waals surface area (Å²) in [5.41, 5.74) is -0.378. The van der Waals surface area contributed by atoms with Gasteiger partial charge < -0.3 is 9.84 Å². The van der Waals surface area contributed by atoms with Crippen LogP contribution in [0.1, 0.15) is 33.6 Å². The smallest absolute Gasteiger partial charge is 0.321 e. The maximum Gasteiger partial charge on any atom is 0.321 e. The largest absolute Gasteiger partial charge is 0.481 e. The lowest BCUT2D eigenvalue weighted by Crippen LogP contribution is -2.64. The van der Waals surface area contributed by atoms with Crippen LogP contribution < -0.4 is 0 Å². The first kappa shape index (κ1) is 11.1. The van der Waals surface area contributed by atoms with Gasteiger partial charge in [0.2, 0.25) is 0 Å². The SMILES string of the molecule is CC1(C)[C@H]2C[C@@H]3C(C(=O)O)C(=O)OC3(C)[C@H]1C2. The molecule has 0 spiro atoms. The Morgan fingerprint density at radius 3 is 2.53 bits per heavy atom. The highest BCUT2D eigenvalue weighted by Crippen LogP contribution is 2.68. The number of hydrogen-bond donors (Lipinski definition) is 1. The summed E-state index contributed by atoms with van der Waals surface area (Å²) < 4.78 is 5.49. The van der Waals surface area contributed by atoms with Crippen LogP contribution in [0.3, 0.4) is 0 Å². The van der Waals surface area contributed by atoms with E-state index in [9.17, 15) is 9.59 Å². The molecule has 17 heavy (non-hydrogen) atoms. The fraction of sp³-hybridized carbons (Fsp3) is 0.846. The van der Waals surface area contributed by atoms with Crippen molar-refractivity contribution >= 4 is 11.9 Å². The van der Waals surface area contributed by atoms with E-state index in [1.54, 1.807) is 0 Å². The molecule has 4 heteroatoms. The summed E-state index contributed by atoms with van der Waals surface area (Å²) in [6, 6.07) is 0. The number of hydrogen-bond acceptors (Lipinski definition) is 3. The van der Waals surface area contributed by atoms with Crippen molar-refractivity contribution in [2.75, 3.05) is 0 Å². The van der Waals surface area contributed by atoms with Crippen molar-refractivity contribution in [3.63, 3.8) is 0 Å². The number of rotatable bonds is 1. The van der Waals surface area contributed by atoms with Gasteiger partial charge >= 0.3 is 11.9 Å². The van der Waals surface area contributed by atoms with Gasteiger partial charge in [-0.2, -0.15) is 0 Å². The molecule has 1 heterocycles. The minimum atomic E-state index is -1.03. The van der Waals surface area contributed by atoms with E-state index in [0.29, 0.717) is 11.8 Å². The summed E-state index contributed by atoms with van der Waals surface area (Å²) in [5.74, 6) is -1.78. The summed E-state index contributed by atoms with van der Waals surface area (Å²) in [6.45, 7) is 6.34. The Morgan fingerprint density at radius 1 is 1.35 bits per heavy atom. The van der Waals surface area contributed by atoms with E-state index < -0.39 is 23.5 Å². The second-order valence-corrected chi connectivity index (χ2v) is 6.57. The fourth-order valence-electron chi connectivity index (χ4n) is 4.52. The Hall–Kier alpha value is -1.06. The van der Waals surface area contributed by atoms with Gasteiger partial charge in [-0.15, -0.1) is 0 Å². The van der Waals surface area contributed by atoms with Gasteiger partial charge in [-0.3, -0.25) is 9.59 Å². The minimum Gasteiger partial charge on any atom is -0.481 e. The zero-order valence-electron chi connectivity index (χ0n) is 10.4. The second-order valence-electron chi connectivity index (χ2n) is 6.57. The molecule has 0 radical (unpaired) electrons. The molecule has 4 nitrogen and oxygen atoms in total. The second kappa shape index (κ2) is 2.85. The van der Waals surface area contributed by atoms with Crippen molar-refractivity contribution in [2.24, 2.45) is 29.1 Å². The third kappa shape index (κ3) is 1.09. The molecule has 4 fully saturated rings. The third-order valence-corrected chi connectivity index (χ3v) is 5.68. The maximum atomic E-state index is 11.8. The maximum absolute atomic E-state index is 11.8. The number of ether oxygens (including phenoxy) is 1. The topological polar surface area (TPSA) is 63.6 Å². The molecular formula is C13H18O4. The van der Waals surface area contributed by atoms with Gasteiger partial charge in [-0.25, -0.2) is 0 Å². The molecule has 5 atom stereocenters. The normalized spacial score (nSPS) is 50.2. The van der Waals surface area contributed by atoms with E-state index in [1.165, 1.54) is 0 Å². The Balaban J connectivity index is 2.00. The van der Waals surface area contributed by atoms with E-state index >= 15 is 0 Å². The number of carbonyl (C=O) groups is 2. The molecule has 94 valence electrons.